The Morgan fingerprint density at radius 1 is 1.03 bits per heavy atom. The normalized spacial score (nSPS) is 25.7. The van der Waals surface area contributed by atoms with Gasteiger partial charge in [-0.25, -0.2) is 0 Å². The van der Waals surface area contributed by atoms with E-state index in [-0.39, 0.29) is 5.91 Å². The summed E-state index contributed by atoms with van der Waals surface area (Å²) < 4.78 is 0. The Kier molecular flexibility index (Phi) is 7.84. The van der Waals surface area contributed by atoms with Crippen LogP contribution in [0.5, 0.6) is 0 Å². The smallest absolute Gasteiger partial charge is 0.239 e. The zero-order chi connectivity index (χ0) is 21.5. The third kappa shape index (κ3) is 6.00. The van der Waals surface area contributed by atoms with E-state index in [0.717, 1.165) is 44.9 Å². The van der Waals surface area contributed by atoms with Gasteiger partial charge in [-0.1, -0.05) is 49.6 Å². The van der Waals surface area contributed by atoms with Crippen LogP contribution in [0.15, 0.2) is 35.3 Å². The second-order valence-corrected chi connectivity index (χ2v) is 9.46. The van der Waals surface area contributed by atoms with Crippen LogP contribution in [-0.2, 0) is 11.3 Å². The molecule has 2 atom stereocenters. The standard InChI is InChI=1S/C25H39N5O/c1-26-25(27-17-24(31)28-22-12-6-3-7-13-22)30-16-14-23-21(19-30)11-8-15-29(23)18-20-9-4-2-5-10-20/h2,4-5,9-10,21-23H,3,6-8,11-19H2,1H3,(H,26,27)(H,28,31). The van der Waals surface area contributed by atoms with Gasteiger partial charge in [0.2, 0.25) is 5.91 Å². The summed E-state index contributed by atoms with van der Waals surface area (Å²) >= 11 is 0. The molecule has 1 aromatic rings. The molecule has 6 nitrogen and oxygen atoms in total. The number of amides is 1. The molecule has 0 aromatic heterocycles. The van der Waals surface area contributed by atoms with E-state index in [1.54, 1.807) is 0 Å². The molecule has 3 aliphatic rings. The fraction of sp³-hybridized carbons (Fsp3) is 0.680. The van der Waals surface area contributed by atoms with Crippen molar-refractivity contribution in [1.29, 1.82) is 0 Å². The van der Waals surface area contributed by atoms with Crippen LogP contribution in [-0.4, -0.2) is 67.0 Å². The average molecular weight is 426 g/mol. The lowest BCUT2D eigenvalue weighted by Gasteiger charge is -2.48. The quantitative estimate of drug-likeness (QED) is 0.562. The number of carbonyl (C=O) groups is 1. The Balaban J connectivity index is 1.27. The van der Waals surface area contributed by atoms with Gasteiger partial charge in [0.1, 0.15) is 0 Å². The Morgan fingerprint density at radius 3 is 2.61 bits per heavy atom. The summed E-state index contributed by atoms with van der Waals surface area (Å²) in [7, 11) is 1.83. The molecule has 2 heterocycles. The highest BCUT2D eigenvalue weighted by Gasteiger charge is 2.36. The lowest BCUT2D eigenvalue weighted by Crippen LogP contribution is -2.57. The minimum absolute atomic E-state index is 0.0923. The van der Waals surface area contributed by atoms with Crippen molar-refractivity contribution in [2.45, 2.75) is 70.0 Å². The molecule has 31 heavy (non-hydrogen) atoms. The molecule has 2 unspecified atom stereocenters. The van der Waals surface area contributed by atoms with Gasteiger partial charge in [-0.2, -0.15) is 0 Å². The number of guanidine groups is 1. The zero-order valence-corrected chi connectivity index (χ0v) is 19.1. The molecule has 1 aromatic carbocycles. The molecule has 2 N–H and O–H groups in total. The largest absolute Gasteiger partial charge is 0.352 e. The van der Waals surface area contributed by atoms with Gasteiger partial charge >= 0.3 is 0 Å². The second kappa shape index (κ2) is 11.0. The van der Waals surface area contributed by atoms with Crippen molar-refractivity contribution >= 4 is 11.9 Å². The molecule has 1 amide bonds. The topological polar surface area (TPSA) is 60.0 Å². The summed E-state index contributed by atoms with van der Waals surface area (Å²) in [5.41, 5.74) is 1.41. The number of carbonyl (C=O) groups excluding carboxylic acids is 1. The van der Waals surface area contributed by atoms with Crippen molar-refractivity contribution < 1.29 is 4.79 Å². The van der Waals surface area contributed by atoms with E-state index in [0.29, 0.717) is 24.5 Å². The molecule has 6 heteroatoms. The van der Waals surface area contributed by atoms with Gasteiger partial charge in [0.05, 0.1) is 6.54 Å². The predicted octanol–water partition coefficient (Wildman–Crippen LogP) is 3.00. The SMILES string of the molecule is CN=C(NCC(=O)NC1CCCCC1)N1CCC2C(CCCN2Cc2ccccc2)C1. The zero-order valence-electron chi connectivity index (χ0n) is 19.1. The van der Waals surface area contributed by atoms with E-state index in [4.69, 9.17) is 0 Å². The van der Waals surface area contributed by atoms with E-state index in [9.17, 15) is 4.79 Å². The van der Waals surface area contributed by atoms with Crippen LogP contribution >= 0.6 is 0 Å². The fourth-order valence-electron chi connectivity index (χ4n) is 5.73. The highest BCUT2D eigenvalue weighted by Crippen LogP contribution is 2.31. The number of fused-ring (bicyclic) bond motifs is 1. The monoisotopic (exact) mass is 425 g/mol. The van der Waals surface area contributed by atoms with Crippen molar-refractivity contribution in [2.75, 3.05) is 33.2 Å². The van der Waals surface area contributed by atoms with Crippen LogP contribution in [0.4, 0.5) is 0 Å². The molecular formula is C25H39N5O. The van der Waals surface area contributed by atoms with Crippen molar-refractivity contribution in [3.05, 3.63) is 35.9 Å². The highest BCUT2D eigenvalue weighted by atomic mass is 16.2. The molecule has 0 radical (unpaired) electrons. The Labute approximate surface area is 187 Å². The summed E-state index contributed by atoms with van der Waals surface area (Å²) in [6.07, 6.45) is 9.71. The molecule has 1 saturated carbocycles. The molecule has 2 aliphatic heterocycles. The summed E-state index contributed by atoms with van der Waals surface area (Å²) in [6, 6.07) is 11.9. The van der Waals surface area contributed by atoms with Crippen LogP contribution in [0, 0.1) is 5.92 Å². The van der Waals surface area contributed by atoms with Crippen molar-refractivity contribution in [2.24, 2.45) is 10.9 Å². The lowest BCUT2D eigenvalue weighted by molar-refractivity contribution is -0.120. The molecular weight excluding hydrogens is 386 g/mol. The number of aliphatic imine (C=N–C) groups is 1. The number of hydrogen-bond acceptors (Lipinski definition) is 3. The molecule has 0 bridgehead atoms. The lowest BCUT2D eigenvalue weighted by atomic mass is 9.83. The first kappa shape index (κ1) is 22.1. The molecule has 1 aliphatic carbocycles. The van der Waals surface area contributed by atoms with E-state index in [2.05, 4.69) is 55.8 Å². The maximum atomic E-state index is 12.4. The average Bonchev–Trinajstić information content (AvgIpc) is 2.81. The molecule has 4 rings (SSSR count). The number of hydrogen-bond donors (Lipinski definition) is 2. The number of benzene rings is 1. The Bertz CT molecular complexity index is 731. The fourth-order valence-corrected chi connectivity index (χ4v) is 5.73. The van der Waals surface area contributed by atoms with Crippen molar-refractivity contribution in [1.82, 2.24) is 20.4 Å². The van der Waals surface area contributed by atoms with E-state index in [1.165, 1.54) is 44.2 Å². The van der Waals surface area contributed by atoms with Gasteiger partial charge in [-0.3, -0.25) is 14.7 Å². The highest BCUT2D eigenvalue weighted by molar-refractivity contribution is 5.86. The third-order valence-corrected chi connectivity index (χ3v) is 7.30. The number of rotatable bonds is 5. The maximum Gasteiger partial charge on any atom is 0.239 e. The minimum atomic E-state index is 0.0923. The molecule has 0 spiro atoms. The van der Waals surface area contributed by atoms with Gasteiger partial charge in [0.15, 0.2) is 5.96 Å². The number of piperidine rings is 2. The molecule has 170 valence electrons. The maximum absolute atomic E-state index is 12.4. The van der Waals surface area contributed by atoms with Crippen molar-refractivity contribution in [3.8, 4) is 0 Å². The number of likely N-dealkylation sites (tertiary alicyclic amines) is 2. The first-order valence-electron chi connectivity index (χ1n) is 12.3. The Morgan fingerprint density at radius 2 is 1.84 bits per heavy atom. The first-order chi connectivity index (χ1) is 15.2. The van der Waals surface area contributed by atoms with Gasteiger partial charge in [0.25, 0.3) is 0 Å². The van der Waals surface area contributed by atoms with Crippen LogP contribution in [0.3, 0.4) is 0 Å². The first-order valence-corrected chi connectivity index (χ1v) is 12.3. The van der Waals surface area contributed by atoms with E-state index >= 15 is 0 Å². The van der Waals surface area contributed by atoms with Gasteiger partial charge in [0, 0.05) is 38.8 Å². The summed E-state index contributed by atoms with van der Waals surface area (Å²) in [5.74, 6) is 1.63. The summed E-state index contributed by atoms with van der Waals surface area (Å²) in [6.45, 7) is 4.59. The number of nitrogens with zero attached hydrogens (tertiary/aromatic N) is 3. The van der Waals surface area contributed by atoms with Gasteiger partial charge in [-0.05, 0) is 50.1 Å². The van der Waals surface area contributed by atoms with Gasteiger partial charge in [-0.15, -0.1) is 0 Å². The van der Waals surface area contributed by atoms with Crippen LogP contribution < -0.4 is 10.6 Å². The molecule has 2 saturated heterocycles. The summed E-state index contributed by atoms with van der Waals surface area (Å²) in [5, 5.41) is 6.52. The van der Waals surface area contributed by atoms with E-state index in [1.807, 2.05) is 7.05 Å². The second-order valence-electron chi connectivity index (χ2n) is 9.46. The number of nitrogens with one attached hydrogen (secondary N) is 2. The van der Waals surface area contributed by atoms with Gasteiger partial charge < -0.3 is 15.5 Å². The third-order valence-electron chi connectivity index (χ3n) is 7.30. The van der Waals surface area contributed by atoms with Crippen molar-refractivity contribution in [3.63, 3.8) is 0 Å². The Hall–Kier alpha value is -2.08. The predicted molar refractivity (Wildman–Crippen MR) is 126 cm³/mol. The van der Waals surface area contributed by atoms with Crippen LogP contribution in [0.2, 0.25) is 0 Å². The minimum Gasteiger partial charge on any atom is -0.352 e. The van der Waals surface area contributed by atoms with Crippen LogP contribution in [0.25, 0.3) is 0 Å². The van der Waals surface area contributed by atoms with Crippen LogP contribution in [0.1, 0.15) is 56.9 Å². The summed E-state index contributed by atoms with van der Waals surface area (Å²) in [4.78, 5) is 21.9. The molecule has 3 fully saturated rings. The van der Waals surface area contributed by atoms with E-state index < -0.39 is 0 Å².